The zero-order valence-electron chi connectivity index (χ0n) is 18.1. The number of fused-ring (bicyclic) bond motifs is 1. The van der Waals surface area contributed by atoms with Crippen LogP contribution in [0.5, 0.6) is 0 Å². The SMILES string of the molecule is CC(C)CCCCCCCC1(O)C=CC2=[N+](CCCCN=C(N)N)CCCN21. The maximum absolute atomic E-state index is 11.2. The summed E-state index contributed by atoms with van der Waals surface area (Å²) in [5.41, 5.74) is 9.96. The summed E-state index contributed by atoms with van der Waals surface area (Å²) in [4.78, 5) is 6.26. The molecule has 0 amide bonds. The molecular weight excluding hydrogens is 350 g/mol. The molecule has 2 aliphatic rings. The predicted octanol–water partition coefficient (Wildman–Crippen LogP) is 2.80. The van der Waals surface area contributed by atoms with Crippen LogP contribution in [0.2, 0.25) is 0 Å². The number of aliphatic imine (C=N–C) groups is 1. The second-order valence-electron chi connectivity index (χ2n) is 8.78. The topological polar surface area (TPSA) is 90.9 Å². The molecule has 28 heavy (non-hydrogen) atoms. The summed E-state index contributed by atoms with van der Waals surface area (Å²) >= 11 is 0. The molecule has 5 N–H and O–H groups in total. The third kappa shape index (κ3) is 7.12. The summed E-state index contributed by atoms with van der Waals surface area (Å²) in [6, 6.07) is 0. The van der Waals surface area contributed by atoms with Gasteiger partial charge in [-0.3, -0.25) is 9.57 Å². The van der Waals surface area contributed by atoms with Gasteiger partial charge in [0.2, 0.25) is 5.72 Å². The molecule has 0 spiro atoms. The molecule has 0 radical (unpaired) electrons. The molecule has 2 heterocycles. The fourth-order valence-corrected chi connectivity index (χ4v) is 4.24. The van der Waals surface area contributed by atoms with Gasteiger partial charge in [0.25, 0.3) is 5.84 Å². The summed E-state index contributed by atoms with van der Waals surface area (Å²) in [5.74, 6) is 2.17. The second kappa shape index (κ2) is 11.4. The van der Waals surface area contributed by atoms with E-state index < -0.39 is 5.72 Å². The van der Waals surface area contributed by atoms with Crippen molar-refractivity contribution >= 4 is 11.8 Å². The van der Waals surface area contributed by atoms with Gasteiger partial charge in [-0.05, 0) is 31.3 Å². The van der Waals surface area contributed by atoms with Crippen molar-refractivity contribution in [3.8, 4) is 0 Å². The van der Waals surface area contributed by atoms with Crippen LogP contribution in [0.25, 0.3) is 0 Å². The maximum Gasteiger partial charge on any atom is 0.274 e. The van der Waals surface area contributed by atoms with E-state index in [9.17, 15) is 5.11 Å². The lowest BCUT2D eigenvalue weighted by Gasteiger charge is -2.32. The Labute approximate surface area is 171 Å². The Morgan fingerprint density at radius 2 is 1.93 bits per heavy atom. The van der Waals surface area contributed by atoms with Gasteiger partial charge < -0.3 is 16.6 Å². The van der Waals surface area contributed by atoms with Crippen molar-refractivity contribution in [2.24, 2.45) is 22.4 Å². The quantitative estimate of drug-likeness (QED) is 0.194. The second-order valence-corrected chi connectivity index (χ2v) is 8.78. The van der Waals surface area contributed by atoms with Crippen LogP contribution in [0.3, 0.4) is 0 Å². The molecule has 6 heteroatoms. The van der Waals surface area contributed by atoms with Crippen molar-refractivity contribution < 1.29 is 9.68 Å². The molecule has 0 saturated carbocycles. The lowest BCUT2D eigenvalue weighted by Crippen LogP contribution is -2.52. The van der Waals surface area contributed by atoms with Gasteiger partial charge in [-0.15, -0.1) is 0 Å². The fraction of sp³-hybridized carbons (Fsp3) is 0.818. The van der Waals surface area contributed by atoms with Crippen LogP contribution < -0.4 is 11.5 Å². The summed E-state index contributed by atoms with van der Waals surface area (Å²) in [6.07, 6.45) is 15.7. The Morgan fingerprint density at radius 1 is 1.18 bits per heavy atom. The molecule has 0 aromatic carbocycles. The highest BCUT2D eigenvalue weighted by Gasteiger charge is 2.46. The van der Waals surface area contributed by atoms with E-state index in [4.69, 9.17) is 11.5 Å². The van der Waals surface area contributed by atoms with Gasteiger partial charge in [-0.1, -0.05) is 46.0 Å². The molecule has 1 unspecified atom stereocenters. The molecule has 0 aliphatic carbocycles. The summed E-state index contributed by atoms with van der Waals surface area (Å²) in [7, 11) is 0. The molecule has 6 nitrogen and oxygen atoms in total. The monoisotopic (exact) mass is 392 g/mol. The maximum atomic E-state index is 11.2. The average Bonchev–Trinajstić information content (AvgIpc) is 2.98. The lowest BCUT2D eigenvalue weighted by molar-refractivity contribution is -0.539. The standard InChI is InChI=1S/C22H42N5O/c1-19(2)11-6-4-3-5-7-13-22(28)14-12-20-26(17-10-18-27(20)22)16-9-8-15-25-21(23)24/h12,14,19,28H,3-11,13,15-18H2,1-2H3,(H4,23,24,25)/q+1. The van der Waals surface area contributed by atoms with Crippen molar-refractivity contribution in [1.82, 2.24) is 4.90 Å². The first kappa shape index (κ1) is 22.7. The Morgan fingerprint density at radius 3 is 2.68 bits per heavy atom. The van der Waals surface area contributed by atoms with Crippen LogP contribution in [0, 0.1) is 5.92 Å². The van der Waals surface area contributed by atoms with Gasteiger partial charge in [0, 0.05) is 25.5 Å². The van der Waals surface area contributed by atoms with Gasteiger partial charge in [0.1, 0.15) is 0 Å². The Kier molecular flexibility index (Phi) is 9.29. The first-order chi connectivity index (χ1) is 13.4. The van der Waals surface area contributed by atoms with Crippen LogP contribution in [0.15, 0.2) is 17.1 Å². The fourth-order valence-electron chi connectivity index (χ4n) is 4.24. The minimum absolute atomic E-state index is 0.169. The number of aliphatic hydroxyl groups is 1. The molecule has 0 aromatic heterocycles. The highest BCUT2D eigenvalue weighted by Crippen LogP contribution is 2.30. The van der Waals surface area contributed by atoms with E-state index in [1.807, 2.05) is 6.08 Å². The Hall–Kier alpha value is -1.56. The van der Waals surface area contributed by atoms with Gasteiger partial charge in [-0.2, -0.15) is 0 Å². The van der Waals surface area contributed by atoms with E-state index in [1.165, 1.54) is 37.9 Å². The van der Waals surface area contributed by atoms with E-state index in [0.29, 0.717) is 6.54 Å². The summed E-state index contributed by atoms with van der Waals surface area (Å²) in [6.45, 7) is 8.26. The van der Waals surface area contributed by atoms with Crippen LogP contribution in [0.4, 0.5) is 0 Å². The number of hydrogen-bond acceptors (Lipinski definition) is 3. The molecule has 0 saturated heterocycles. The van der Waals surface area contributed by atoms with Crippen LogP contribution in [-0.2, 0) is 0 Å². The molecule has 1 atom stereocenters. The van der Waals surface area contributed by atoms with E-state index in [1.54, 1.807) is 0 Å². The molecule has 0 bridgehead atoms. The number of nitrogens with zero attached hydrogens (tertiary/aromatic N) is 3. The van der Waals surface area contributed by atoms with Crippen LogP contribution >= 0.6 is 0 Å². The normalized spacial score (nSPS) is 21.5. The minimum atomic E-state index is -0.787. The summed E-state index contributed by atoms with van der Waals surface area (Å²) in [5, 5.41) is 11.2. The summed E-state index contributed by atoms with van der Waals surface area (Å²) < 4.78 is 2.40. The number of nitrogens with two attached hydrogens (primary N) is 2. The van der Waals surface area contributed by atoms with Crippen molar-refractivity contribution in [3.05, 3.63) is 12.2 Å². The van der Waals surface area contributed by atoms with Crippen LogP contribution in [-0.4, -0.2) is 58.3 Å². The molecule has 2 rings (SSSR count). The third-order valence-electron chi connectivity index (χ3n) is 5.83. The van der Waals surface area contributed by atoms with Crippen molar-refractivity contribution in [1.29, 1.82) is 0 Å². The highest BCUT2D eigenvalue weighted by atomic mass is 16.3. The van der Waals surface area contributed by atoms with Crippen molar-refractivity contribution in [2.45, 2.75) is 83.8 Å². The molecular formula is C22H42N5O+. The van der Waals surface area contributed by atoms with Gasteiger partial charge in [0.15, 0.2) is 5.96 Å². The third-order valence-corrected chi connectivity index (χ3v) is 5.83. The zero-order valence-corrected chi connectivity index (χ0v) is 18.1. The minimum Gasteiger partial charge on any atom is -0.370 e. The Bertz CT molecular complexity index is 565. The molecule has 0 fully saturated rings. The first-order valence-corrected chi connectivity index (χ1v) is 11.3. The van der Waals surface area contributed by atoms with E-state index in [2.05, 4.69) is 34.4 Å². The molecule has 160 valence electrons. The molecule has 2 aliphatic heterocycles. The zero-order chi connectivity index (χ0) is 20.4. The number of unbranched alkanes of at least 4 members (excludes halogenated alkanes) is 5. The van der Waals surface area contributed by atoms with Crippen molar-refractivity contribution in [2.75, 3.05) is 26.2 Å². The number of rotatable bonds is 13. The number of hydrogen-bond donors (Lipinski definition) is 3. The van der Waals surface area contributed by atoms with Gasteiger partial charge in [0.05, 0.1) is 19.6 Å². The Balaban J connectivity index is 1.75. The predicted molar refractivity (Wildman–Crippen MR) is 117 cm³/mol. The largest absolute Gasteiger partial charge is 0.370 e. The van der Waals surface area contributed by atoms with Crippen LogP contribution in [0.1, 0.15) is 78.1 Å². The molecule has 0 aromatic rings. The van der Waals surface area contributed by atoms with E-state index in [0.717, 1.165) is 57.7 Å². The van der Waals surface area contributed by atoms with E-state index in [-0.39, 0.29) is 5.96 Å². The van der Waals surface area contributed by atoms with Gasteiger partial charge >= 0.3 is 0 Å². The smallest absolute Gasteiger partial charge is 0.274 e. The van der Waals surface area contributed by atoms with E-state index >= 15 is 0 Å². The van der Waals surface area contributed by atoms with Gasteiger partial charge in [-0.25, -0.2) is 4.90 Å². The van der Waals surface area contributed by atoms with Crippen molar-refractivity contribution in [3.63, 3.8) is 0 Å². The number of amidine groups is 1. The lowest BCUT2D eigenvalue weighted by atomic mass is 10.0. The first-order valence-electron chi connectivity index (χ1n) is 11.3. The number of guanidine groups is 1. The highest BCUT2D eigenvalue weighted by molar-refractivity contribution is 5.92. The average molecular weight is 393 g/mol.